The molecule has 0 saturated carbocycles. The van der Waals surface area contributed by atoms with Gasteiger partial charge in [-0.3, -0.25) is 0 Å². The Bertz CT molecular complexity index is 287. The largest absolute Gasteiger partial charge is 0.312 e. The van der Waals surface area contributed by atoms with Crippen LogP contribution in [0, 0.1) is 5.92 Å². The second-order valence-electron chi connectivity index (χ2n) is 3.82. The predicted octanol–water partition coefficient (Wildman–Crippen LogP) is 2.51. The van der Waals surface area contributed by atoms with Gasteiger partial charge >= 0.3 is 0 Å². The van der Waals surface area contributed by atoms with E-state index in [0.717, 1.165) is 19.0 Å². The lowest BCUT2D eigenvalue weighted by atomic mass is 10.0. The summed E-state index contributed by atoms with van der Waals surface area (Å²) in [5, 5.41) is 7.58. The molecule has 0 fully saturated rings. The smallest absolute Gasteiger partial charge is 0.0538 e. The average molecular weight is 207 g/mol. The molecular weight excluding hydrogens is 186 g/mol. The fraction of sp³-hybridized carbons (Fsp3) is 0.583. The van der Waals surface area contributed by atoms with Crippen molar-refractivity contribution in [1.82, 2.24) is 15.1 Å². The second-order valence-corrected chi connectivity index (χ2v) is 3.82. The van der Waals surface area contributed by atoms with Crippen LogP contribution in [-0.4, -0.2) is 16.3 Å². The van der Waals surface area contributed by atoms with E-state index in [1.165, 1.54) is 18.4 Å². The molecule has 15 heavy (non-hydrogen) atoms. The molecule has 0 saturated heterocycles. The maximum atomic E-state index is 4.13. The quantitative estimate of drug-likeness (QED) is 0.744. The van der Waals surface area contributed by atoms with Gasteiger partial charge in [0, 0.05) is 24.5 Å². The summed E-state index contributed by atoms with van der Waals surface area (Å²) in [6, 6.07) is 0. The van der Waals surface area contributed by atoms with Gasteiger partial charge in [0.25, 0.3) is 0 Å². The van der Waals surface area contributed by atoms with Crippen molar-refractivity contribution < 1.29 is 0 Å². The minimum absolute atomic E-state index is 0.791. The van der Waals surface area contributed by atoms with Gasteiger partial charge in [0.15, 0.2) is 0 Å². The first-order valence-electron chi connectivity index (χ1n) is 5.66. The molecule has 3 heteroatoms. The molecule has 0 aromatic carbocycles. The van der Waals surface area contributed by atoms with Crippen LogP contribution in [0.5, 0.6) is 0 Å². The molecule has 0 amide bonds. The Morgan fingerprint density at radius 1 is 1.53 bits per heavy atom. The predicted molar refractivity (Wildman–Crippen MR) is 64.4 cm³/mol. The Hall–Kier alpha value is -1.09. The highest BCUT2D eigenvalue weighted by molar-refractivity contribution is 5.17. The van der Waals surface area contributed by atoms with Crippen LogP contribution in [0.3, 0.4) is 0 Å². The summed E-state index contributed by atoms with van der Waals surface area (Å²) in [6.45, 7) is 10.1. The van der Waals surface area contributed by atoms with Gasteiger partial charge in [-0.05, 0) is 12.5 Å². The average Bonchev–Trinajstić information content (AvgIpc) is 2.72. The van der Waals surface area contributed by atoms with E-state index in [2.05, 4.69) is 30.8 Å². The first kappa shape index (κ1) is 12.0. The summed E-state index contributed by atoms with van der Waals surface area (Å²) < 4.78 is 1.73. The fourth-order valence-corrected chi connectivity index (χ4v) is 1.57. The number of nitrogens with zero attached hydrogens (tertiary/aromatic N) is 2. The molecule has 0 radical (unpaired) electrons. The van der Waals surface area contributed by atoms with Gasteiger partial charge in [-0.2, -0.15) is 5.10 Å². The fourth-order valence-electron chi connectivity index (χ4n) is 1.57. The number of hydrogen-bond acceptors (Lipinski definition) is 2. The van der Waals surface area contributed by atoms with E-state index in [0.29, 0.717) is 0 Å². The van der Waals surface area contributed by atoms with Crippen molar-refractivity contribution in [2.24, 2.45) is 5.92 Å². The lowest BCUT2D eigenvalue weighted by Crippen LogP contribution is -2.21. The van der Waals surface area contributed by atoms with E-state index < -0.39 is 0 Å². The van der Waals surface area contributed by atoms with E-state index in [-0.39, 0.29) is 0 Å². The molecule has 0 unspecified atom stereocenters. The third-order valence-corrected chi connectivity index (χ3v) is 2.76. The van der Waals surface area contributed by atoms with Crippen LogP contribution in [0.4, 0.5) is 0 Å². The number of hydrogen-bond donors (Lipinski definition) is 1. The van der Waals surface area contributed by atoms with Crippen molar-refractivity contribution in [1.29, 1.82) is 0 Å². The Morgan fingerprint density at radius 3 is 2.80 bits per heavy atom. The summed E-state index contributed by atoms with van der Waals surface area (Å²) in [5.74, 6) is 0.791. The first-order valence-corrected chi connectivity index (χ1v) is 5.66. The zero-order chi connectivity index (χ0) is 11.1. The molecule has 0 aliphatic rings. The molecule has 0 atom stereocenters. The Labute approximate surface area is 92.2 Å². The molecule has 3 nitrogen and oxygen atoms in total. The maximum absolute atomic E-state index is 4.13. The van der Waals surface area contributed by atoms with Gasteiger partial charge in [-0.25, -0.2) is 4.68 Å². The SMILES string of the molecule is C=Cn1cc(CNCC(CC)CC)cn1. The highest BCUT2D eigenvalue weighted by Gasteiger charge is 2.02. The van der Waals surface area contributed by atoms with E-state index in [1.54, 1.807) is 10.9 Å². The Kier molecular flexibility index (Phi) is 5.12. The summed E-state index contributed by atoms with van der Waals surface area (Å²) >= 11 is 0. The van der Waals surface area contributed by atoms with Gasteiger partial charge in [0.05, 0.1) is 6.20 Å². The number of rotatable bonds is 7. The van der Waals surface area contributed by atoms with Crippen LogP contribution in [0.25, 0.3) is 6.20 Å². The van der Waals surface area contributed by atoms with Crippen LogP contribution in [0.2, 0.25) is 0 Å². The van der Waals surface area contributed by atoms with E-state index >= 15 is 0 Å². The van der Waals surface area contributed by atoms with Crippen LogP contribution in [0.1, 0.15) is 32.3 Å². The Balaban J connectivity index is 2.27. The van der Waals surface area contributed by atoms with Crippen molar-refractivity contribution in [3.8, 4) is 0 Å². The third kappa shape index (κ3) is 3.88. The van der Waals surface area contributed by atoms with Gasteiger partial charge in [-0.15, -0.1) is 0 Å². The molecule has 0 spiro atoms. The summed E-state index contributed by atoms with van der Waals surface area (Å²) in [7, 11) is 0. The second kappa shape index (κ2) is 6.40. The molecule has 1 aromatic heterocycles. The van der Waals surface area contributed by atoms with Gasteiger partial charge in [-0.1, -0.05) is 33.3 Å². The monoisotopic (exact) mass is 207 g/mol. The van der Waals surface area contributed by atoms with Crippen molar-refractivity contribution in [2.75, 3.05) is 6.54 Å². The Morgan fingerprint density at radius 2 is 2.27 bits per heavy atom. The van der Waals surface area contributed by atoms with Crippen molar-refractivity contribution in [3.05, 3.63) is 24.5 Å². The highest BCUT2D eigenvalue weighted by atomic mass is 15.2. The maximum Gasteiger partial charge on any atom is 0.0538 e. The molecule has 1 N–H and O–H groups in total. The minimum Gasteiger partial charge on any atom is -0.312 e. The lowest BCUT2D eigenvalue weighted by Gasteiger charge is -2.12. The standard InChI is InChI=1S/C12H21N3/c1-4-11(5-2)7-13-8-12-9-14-15(6-3)10-12/h6,9-11,13H,3-5,7-8H2,1-2H3. The van der Waals surface area contributed by atoms with Crippen LogP contribution < -0.4 is 5.32 Å². The van der Waals surface area contributed by atoms with Crippen LogP contribution in [-0.2, 0) is 6.54 Å². The summed E-state index contributed by atoms with van der Waals surface area (Å²) in [5.41, 5.74) is 1.21. The van der Waals surface area contributed by atoms with E-state index in [4.69, 9.17) is 0 Å². The van der Waals surface area contributed by atoms with E-state index in [9.17, 15) is 0 Å². The molecule has 0 aliphatic carbocycles. The van der Waals surface area contributed by atoms with Gasteiger partial charge in [0.2, 0.25) is 0 Å². The topological polar surface area (TPSA) is 29.9 Å². The lowest BCUT2D eigenvalue weighted by molar-refractivity contribution is 0.449. The van der Waals surface area contributed by atoms with Crippen molar-refractivity contribution >= 4 is 6.20 Å². The first-order chi connectivity index (χ1) is 7.30. The molecule has 1 heterocycles. The van der Waals surface area contributed by atoms with Crippen molar-refractivity contribution in [2.45, 2.75) is 33.2 Å². The molecule has 84 valence electrons. The normalized spacial score (nSPS) is 10.9. The molecule has 0 aliphatic heterocycles. The number of aromatic nitrogens is 2. The van der Waals surface area contributed by atoms with Crippen molar-refractivity contribution in [3.63, 3.8) is 0 Å². The van der Waals surface area contributed by atoms with Gasteiger partial charge < -0.3 is 5.32 Å². The van der Waals surface area contributed by atoms with Gasteiger partial charge in [0.1, 0.15) is 0 Å². The summed E-state index contributed by atoms with van der Waals surface area (Å²) in [6.07, 6.45) is 8.06. The third-order valence-electron chi connectivity index (χ3n) is 2.76. The molecule has 1 rings (SSSR count). The van der Waals surface area contributed by atoms with E-state index in [1.807, 2.05) is 12.4 Å². The number of nitrogens with one attached hydrogen (secondary N) is 1. The summed E-state index contributed by atoms with van der Waals surface area (Å²) in [4.78, 5) is 0. The zero-order valence-electron chi connectivity index (χ0n) is 9.74. The zero-order valence-corrected chi connectivity index (χ0v) is 9.74. The molecule has 0 bridgehead atoms. The molecular formula is C12H21N3. The van der Waals surface area contributed by atoms with Crippen LogP contribution >= 0.6 is 0 Å². The highest BCUT2D eigenvalue weighted by Crippen LogP contribution is 2.05. The minimum atomic E-state index is 0.791. The molecule has 1 aromatic rings. The van der Waals surface area contributed by atoms with Crippen LogP contribution in [0.15, 0.2) is 19.0 Å².